The maximum Gasteiger partial charge on any atom is 0.130 e. The zero-order valence-electron chi connectivity index (χ0n) is 6.08. The number of H-pyrrole nitrogens is 1. The highest BCUT2D eigenvalue weighted by atomic mass is 35.5. The summed E-state index contributed by atoms with van der Waals surface area (Å²) in [6.07, 6.45) is 1.64. The fourth-order valence-corrected chi connectivity index (χ4v) is 1.32. The van der Waals surface area contributed by atoms with Crippen LogP contribution >= 0.6 is 11.6 Å². The molecule has 0 saturated heterocycles. The number of fused-ring (bicyclic) bond motifs is 1. The Morgan fingerprint density at radius 1 is 1.58 bits per heavy atom. The topological polar surface area (TPSA) is 61.8 Å². The highest BCUT2D eigenvalue weighted by molar-refractivity contribution is 6.30. The summed E-state index contributed by atoms with van der Waals surface area (Å²) in [5.74, 6) is 0. The lowest BCUT2D eigenvalue weighted by Crippen LogP contribution is -1.90. The van der Waals surface area contributed by atoms with Gasteiger partial charge in [-0.15, -0.1) is 0 Å². The molecule has 0 aliphatic rings. The first-order valence-electron chi connectivity index (χ1n) is 3.40. The van der Waals surface area contributed by atoms with Crippen LogP contribution in [0.2, 0.25) is 5.15 Å². The zero-order valence-corrected chi connectivity index (χ0v) is 6.84. The molecule has 0 fully saturated rings. The van der Waals surface area contributed by atoms with Crippen molar-refractivity contribution in [2.24, 2.45) is 0 Å². The van der Waals surface area contributed by atoms with Crippen LogP contribution in [0.15, 0.2) is 12.3 Å². The lowest BCUT2D eigenvalue weighted by Gasteiger charge is -1.97. The van der Waals surface area contributed by atoms with Crippen molar-refractivity contribution in [2.45, 2.75) is 6.61 Å². The predicted octanol–water partition coefficient (Wildman–Crippen LogP) is 1.10. The quantitative estimate of drug-likeness (QED) is 0.651. The van der Waals surface area contributed by atoms with Gasteiger partial charge in [-0.3, -0.25) is 5.10 Å². The smallest absolute Gasteiger partial charge is 0.130 e. The van der Waals surface area contributed by atoms with E-state index in [-0.39, 0.29) is 6.61 Å². The number of halogens is 1. The van der Waals surface area contributed by atoms with Gasteiger partial charge in [0.15, 0.2) is 0 Å². The maximum atomic E-state index is 8.91. The largest absolute Gasteiger partial charge is 0.390 e. The Balaban J connectivity index is 2.80. The van der Waals surface area contributed by atoms with Gasteiger partial charge in [0, 0.05) is 5.39 Å². The Morgan fingerprint density at radius 2 is 2.42 bits per heavy atom. The van der Waals surface area contributed by atoms with E-state index in [4.69, 9.17) is 16.7 Å². The van der Waals surface area contributed by atoms with Crippen molar-refractivity contribution in [3.63, 3.8) is 0 Å². The number of aromatic amines is 1. The first-order valence-corrected chi connectivity index (χ1v) is 3.78. The molecule has 2 aromatic rings. The summed E-state index contributed by atoms with van der Waals surface area (Å²) in [6.45, 7) is -0.140. The lowest BCUT2D eigenvalue weighted by molar-refractivity contribution is 0.278. The molecule has 62 valence electrons. The van der Waals surface area contributed by atoms with Crippen LogP contribution in [-0.2, 0) is 6.61 Å². The summed E-state index contributed by atoms with van der Waals surface area (Å²) in [5.41, 5.74) is 1.26. The molecule has 0 amide bonds. The van der Waals surface area contributed by atoms with E-state index < -0.39 is 0 Å². The molecule has 0 radical (unpaired) electrons. The second-order valence-electron chi connectivity index (χ2n) is 2.38. The van der Waals surface area contributed by atoms with Gasteiger partial charge < -0.3 is 5.11 Å². The van der Waals surface area contributed by atoms with Gasteiger partial charge in [-0.25, -0.2) is 4.98 Å². The van der Waals surface area contributed by atoms with Crippen molar-refractivity contribution in [1.29, 1.82) is 0 Å². The molecule has 2 aromatic heterocycles. The van der Waals surface area contributed by atoms with E-state index in [1.807, 2.05) is 0 Å². The molecule has 0 atom stereocenters. The highest BCUT2D eigenvalue weighted by Crippen LogP contribution is 2.18. The average Bonchev–Trinajstić information content (AvgIpc) is 2.50. The number of hydrogen-bond acceptors (Lipinski definition) is 3. The number of aliphatic hydroxyl groups is 1. The van der Waals surface area contributed by atoms with E-state index >= 15 is 0 Å². The number of aromatic nitrogens is 3. The van der Waals surface area contributed by atoms with Crippen LogP contribution in [0.25, 0.3) is 10.9 Å². The monoisotopic (exact) mass is 183 g/mol. The summed E-state index contributed by atoms with van der Waals surface area (Å²) >= 11 is 5.70. The fourth-order valence-electron chi connectivity index (χ4n) is 1.10. The minimum atomic E-state index is -0.140. The van der Waals surface area contributed by atoms with Gasteiger partial charge >= 0.3 is 0 Å². The SMILES string of the molecule is OCc1nc(Cl)cc2cn[nH]c12. The van der Waals surface area contributed by atoms with Gasteiger partial charge in [0.1, 0.15) is 5.15 Å². The van der Waals surface area contributed by atoms with Crippen LogP contribution in [0, 0.1) is 0 Å². The van der Waals surface area contributed by atoms with E-state index in [9.17, 15) is 0 Å². The van der Waals surface area contributed by atoms with Crippen LogP contribution in [0.4, 0.5) is 0 Å². The first kappa shape index (κ1) is 7.52. The van der Waals surface area contributed by atoms with E-state index in [1.54, 1.807) is 12.3 Å². The molecule has 2 N–H and O–H groups in total. The van der Waals surface area contributed by atoms with E-state index in [0.29, 0.717) is 10.8 Å². The fraction of sp³-hybridized carbons (Fsp3) is 0.143. The number of aliphatic hydroxyl groups excluding tert-OH is 1. The number of nitrogens with one attached hydrogen (secondary N) is 1. The molecule has 5 heteroatoms. The van der Waals surface area contributed by atoms with Crippen LogP contribution in [0.5, 0.6) is 0 Å². The molecule has 0 unspecified atom stereocenters. The van der Waals surface area contributed by atoms with Crippen LogP contribution < -0.4 is 0 Å². The Kier molecular flexibility index (Phi) is 1.71. The van der Waals surface area contributed by atoms with Crippen molar-refractivity contribution < 1.29 is 5.11 Å². The second kappa shape index (κ2) is 2.73. The van der Waals surface area contributed by atoms with Crippen LogP contribution in [-0.4, -0.2) is 20.3 Å². The van der Waals surface area contributed by atoms with Gasteiger partial charge in [0.25, 0.3) is 0 Å². The van der Waals surface area contributed by atoms with Gasteiger partial charge in [0.05, 0.1) is 24.0 Å². The predicted molar refractivity (Wildman–Crippen MR) is 44.8 cm³/mol. The average molecular weight is 184 g/mol. The van der Waals surface area contributed by atoms with Gasteiger partial charge in [0.2, 0.25) is 0 Å². The van der Waals surface area contributed by atoms with Gasteiger partial charge in [-0.2, -0.15) is 5.10 Å². The Labute approximate surface area is 73.2 Å². The van der Waals surface area contributed by atoms with E-state index in [0.717, 1.165) is 10.9 Å². The van der Waals surface area contributed by atoms with Crippen LogP contribution in [0.3, 0.4) is 0 Å². The number of rotatable bonds is 1. The molecule has 0 aromatic carbocycles. The summed E-state index contributed by atoms with van der Waals surface area (Å²) in [4.78, 5) is 3.94. The van der Waals surface area contributed by atoms with Crippen molar-refractivity contribution in [1.82, 2.24) is 15.2 Å². The summed E-state index contributed by atoms with van der Waals surface area (Å²) in [6, 6.07) is 1.69. The molecular weight excluding hydrogens is 178 g/mol. The second-order valence-corrected chi connectivity index (χ2v) is 2.77. The van der Waals surface area contributed by atoms with Gasteiger partial charge in [-0.1, -0.05) is 11.6 Å². The lowest BCUT2D eigenvalue weighted by atomic mass is 10.2. The Bertz CT molecular complexity index is 412. The standard InChI is InChI=1S/C7H6ClN3O/c8-6-1-4-2-9-11-7(4)5(3-12)10-6/h1-2,12H,3H2,(H,9,11). The summed E-state index contributed by atoms with van der Waals surface area (Å²) < 4.78 is 0. The van der Waals surface area contributed by atoms with E-state index in [2.05, 4.69) is 15.2 Å². The highest BCUT2D eigenvalue weighted by Gasteiger charge is 2.04. The summed E-state index contributed by atoms with van der Waals surface area (Å²) in [5, 5.41) is 16.7. The molecule has 0 aliphatic carbocycles. The minimum Gasteiger partial charge on any atom is -0.390 e. The molecule has 4 nitrogen and oxygen atoms in total. The summed E-state index contributed by atoms with van der Waals surface area (Å²) in [7, 11) is 0. The maximum absolute atomic E-state index is 8.91. The van der Waals surface area contributed by atoms with Crippen LogP contribution in [0.1, 0.15) is 5.69 Å². The Hall–Kier alpha value is -1.13. The zero-order chi connectivity index (χ0) is 8.55. The molecule has 0 bridgehead atoms. The Morgan fingerprint density at radius 3 is 3.17 bits per heavy atom. The van der Waals surface area contributed by atoms with Crippen molar-refractivity contribution >= 4 is 22.5 Å². The van der Waals surface area contributed by atoms with E-state index in [1.165, 1.54) is 0 Å². The van der Waals surface area contributed by atoms with Crippen molar-refractivity contribution in [2.75, 3.05) is 0 Å². The molecule has 2 heterocycles. The first-order chi connectivity index (χ1) is 5.81. The molecule has 0 saturated carbocycles. The molecule has 0 aliphatic heterocycles. The minimum absolute atomic E-state index is 0.140. The van der Waals surface area contributed by atoms with Gasteiger partial charge in [-0.05, 0) is 6.07 Å². The normalized spacial score (nSPS) is 10.8. The third kappa shape index (κ3) is 1.05. The third-order valence-corrected chi connectivity index (χ3v) is 1.82. The third-order valence-electron chi connectivity index (χ3n) is 1.62. The number of pyridine rings is 1. The van der Waals surface area contributed by atoms with Crippen molar-refractivity contribution in [3.05, 3.63) is 23.1 Å². The number of hydrogen-bond donors (Lipinski definition) is 2. The molecule has 0 spiro atoms. The molecule has 2 rings (SSSR count). The molecular formula is C7H6ClN3O. The molecule has 12 heavy (non-hydrogen) atoms. The number of nitrogens with zero attached hydrogens (tertiary/aromatic N) is 2. The van der Waals surface area contributed by atoms with Crippen molar-refractivity contribution in [3.8, 4) is 0 Å².